The summed E-state index contributed by atoms with van der Waals surface area (Å²) in [6.45, 7) is 1.86. The van der Waals surface area contributed by atoms with Crippen molar-refractivity contribution in [3.63, 3.8) is 0 Å². The van der Waals surface area contributed by atoms with Crippen molar-refractivity contribution in [2.24, 2.45) is 0 Å². The van der Waals surface area contributed by atoms with Gasteiger partial charge >= 0.3 is 0 Å². The standard InChI is InChI=1S/C28H27N5O2/c1-35-24-14-6-19(7-15-24)28(34)30-20-8-10-21(11-9-20)33-22-12-13-23(33)18-32(17-22)27-16-29-25-4-2-3-5-26(25)31-27/h2-11,14-16,22-23H,12-13,17-18H2,1H3,(H,30,34). The summed E-state index contributed by atoms with van der Waals surface area (Å²) in [6.07, 6.45) is 4.23. The molecule has 2 atom stereocenters. The number of nitrogens with one attached hydrogen (secondary N) is 1. The monoisotopic (exact) mass is 465 g/mol. The second kappa shape index (κ2) is 8.91. The third-order valence-corrected chi connectivity index (χ3v) is 7.02. The Morgan fingerprint density at radius 1 is 0.914 bits per heavy atom. The Bertz CT molecular complexity index is 1340. The maximum absolute atomic E-state index is 12.6. The Kier molecular flexibility index (Phi) is 5.45. The number of rotatable bonds is 5. The van der Waals surface area contributed by atoms with E-state index < -0.39 is 0 Å². The number of piperazine rings is 1. The first-order chi connectivity index (χ1) is 17.2. The van der Waals surface area contributed by atoms with Gasteiger partial charge in [0.05, 0.1) is 24.3 Å². The van der Waals surface area contributed by atoms with Crippen LogP contribution in [0.1, 0.15) is 23.2 Å². The lowest BCUT2D eigenvalue weighted by molar-refractivity contribution is 0.102. The molecule has 35 heavy (non-hydrogen) atoms. The Morgan fingerprint density at radius 2 is 1.60 bits per heavy atom. The van der Waals surface area contributed by atoms with Gasteiger partial charge in [0, 0.05) is 42.1 Å². The molecule has 0 radical (unpaired) electrons. The fraction of sp³-hybridized carbons (Fsp3) is 0.250. The summed E-state index contributed by atoms with van der Waals surface area (Å²) in [4.78, 5) is 27.0. The largest absolute Gasteiger partial charge is 0.497 e. The van der Waals surface area contributed by atoms with Crippen LogP contribution in [0, 0.1) is 0 Å². The molecule has 2 aliphatic heterocycles. The summed E-state index contributed by atoms with van der Waals surface area (Å²) >= 11 is 0. The minimum atomic E-state index is -0.134. The molecule has 0 aliphatic carbocycles. The number of anilines is 3. The highest BCUT2D eigenvalue weighted by molar-refractivity contribution is 6.04. The molecule has 176 valence electrons. The predicted octanol–water partition coefficient (Wildman–Crippen LogP) is 4.75. The van der Waals surface area contributed by atoms with Crippen LogP contribution in [-0.4, -0.2) is 48.2 Å². The lowest BCUT2D eigenvalue weighted by atomic mass is 10.1. The Hall–Kier alpha value is -4.13. The second-order valence-corrected chi connectivity index (χ2v) is 9.14. The van der Waals surface area contributed by atoms with Crippen LogP contribution in [0.15, 0.2) is 79.0 Å². The molecular formula is C28H27N5O2. The molecule has 6 rings (SSSR count). The van der Waals surface area contributed by atoms with Gasteiger partial charge in [0.2, 0.25) is 0 Å². The van der Waals surface area contributed by atoms with E-state index in [-0.39, 0.29) is 5.91 Å². The number of nitrogens with zero attached hydrogens (tertiary/aromatic N) is 4. The summed E-state index contributed by atoms with van der Waals surface area (Å²) in [6, 6.07) is 24.2. The summed E-state index contributed by atoms with van der Waals surface area (Å²) in [5.41, 5.74) is 4.45. The molecular weight excluding hydrogens is 438 g/mol. The number of fused-ring (bicyclic) bond motifs is 3. The van der Waals surface area contributed by atoms with Crippen molar-refractivity contribution in [2.45, 2.75) is 24.9 Å². The van der Waals surface area contributed by atoms with Gasteiger partial charge in [0.15, 0.2) is 0 Å². The van der Waals surface area contributed by atoms with Gasteiger partial charge in [-0.05, 0) is 73.5 Å². The minimum absolute atomic E-state index is 0.134. The van der Waals surface area contributed by atoms with Crippen LogP contribution in [0.5, 0.6) is 5.75 Å². The van der Waals surface area contributed by atoms with Crippen molar-refractivity contribution in [3.05, 3.63) is 84.6 Å². The summed E-state index contributed by atoms with van der Waals surface area (Å²) in [7, 11) is 1.61. The topological polar surface area (TPSA) is 70.6 Å². The predicted molar refractivity (Wildman–Crippen MR) is 138 cm³/mol. The van der Waals surface area contributed by atoms with Gasteiger partial charge < -0.3 is 19.9 Å². The van der Waals surface area contributed by atoms with Gasteiger partial charge in [0.25, 0.3) is 5.91 Å². The molecule has 3 heterocycles. The molecule has 7 heteroatoms. The number of aromatic nitrogens is 2. The maximum Gasteiger partial charge on any atom is 0.255 e. The van der Waals surface area contributed by atoms with E-state index in [1.54, 1.807) is 31.4 Å². The smallest absolute Gasteiger partial charge is 0.255 e. The molecule has 2 fully saturated rings. The van der Waals surface area contributed by atoms with Crippen molar-refractivity contribution in [1.29, 1.82) is 0 Å². The molecule has 2 saturated heterocycles. The maximum atomic E-state index is 12.6. The van der Waals surface area contributed by atoms with Crippen molar-refractivity contribution in [1.82, 2.24) is 9.97 Å². The van der Waals surface area contributed by atoms with Gasteiger partial charge in [-0.2, -0.15) is 0 Å². The molecule has 2 aliphatic rings. The number of hydrogen-bond donors (Lipinski definition) is 1. The number of para-hydroxylation sites is 2. The SMILES string of the molecule is COc1ccc(C(=O)Nc2ccc(N3C4CCC3CN(c3cnc5ccccc5n3)C4)cc2)cc1. The molecule has 0 saturated carbocycles. The van der Waals surface area contributed by atoms with Crippen LogP contribution < -0.4 is 19.9 Å². The second-order valence-electron chi connectivity index (χ2n) is 9.14. The number of carbonyl (C=O) groups is 1. The van der Waals surface area contributed by atoms with E-state index in [4.69, 9.17) is 9.72 Å². The molecule has 0 spiro atoms. The Balaban J connectivity index is 1.14. The number of amides is 1. The molecule has 1 N–H and O–H groups in total. The van der Waals surface area contributed by atoms with E-state index in [2.05, 4.69) is 32.2 Å². The highest BCUT2D eigenvalue weighted by Crippen LogP contribution is 2.36. The van der Waals surface area contributed by atoms with E-state index in [1.165, 1.54) is 5.69 Å². The van der Waals surface area contributed by atoms with Crippen LogP contribution in [0.2, 0.25) is 0 Å². The van der Waals surface area contributed by atoms with Crippen molar-refractivity contribution in [2.75, 3.05) is 35.3 Å². The molecule has 3 aromatic carbocycles. The summed E-state index contributed by atoms with van der Waals surface area (Å²) < 4.78 is 5.16. The summed E-state index contributed by atoms with van der Waals surface area (Å²) in [5, 5.41) is 2.99. The molecule has 1 amide bonds. The molecule has 2 bridgehead atoms. The van der Waals surface area contributed by atoms with E-state index in [0.29, 0.717) is 17.6 Å². The Labute approximate surface area is 204 Å². The van der Waals surface area contributed by atoms with Crippen LogP contribution in [-0.2, 0) is 0 Å². The van der Waals surface area contributed by atoms with E-state index in [1.807, 2.05) is 42.6 Å². The number of carbonyl (C=O) groups excluding carboxylic acids is 1. The fourth-order valence-electron chi connectivity index (χ4n) is 5.27. The first-order valence-corrected chi connectivity index (χ1v) is 12.0. The van der Waals surface area contributed by atoms with Crippen LogP contribution in [0.3, 0.4) is 0 Å². The lowest BCUT2D eigenvalue weighted by Crippen LogP contribution is -2.54. The van der Waals surface area contributed by atoms with Crippen molar-refractivity contribution < 1.29 is 9.53 Å². The molecule has 2 unspecified atom stereocenters. The first-order valence-electron chi connectivity index (χ1n) is 12.0. The number of hydrogen-bond acceptors (Lipinski definition) is 6. The van der Waals surface area contributed by atoms with Gasteiger partial charge in [-0.1, -0.05) is 12.1 Å². The highest BCUT2D eigenvalue weighted by atomic mass is 16.5. The van der Waals surface area contributed by atoms with Crippen molar-refractivity contribution in [3.8, 4) is 5.75 Å². The fourth-order valence-corrected chi connectivity index (χ4v) is 5.27. The minimum Gasteiger partial charge on any atom is -0.497 e. The quantitative estimate of drug-likeness (QED) is 0.459. The zero-order valence-electron chi connectivity index (χ0n) is 19.6. The van der Waals surface area contributed by atoms with Crippen LogP contribution in [0.25, 0.3) is 11.0 Å². The lowest BCUT2D eigenvalue weighted by Gasteiger charge is -2.43. The number of ether oxygens (including phenoxy) is 1. The first kappa shape index (κ1) is 21.4. The number of methoxy groups -OCH3 is 1. The van der Waals surface area contributed by atoms with Gasteiger partial charge in [-0.25, -0.2) is 4.98 Å². The highest BCUT2D eigenvalue weighted by Gasteiger charge is 2.40. The zero-order valence-corrected chi connectivity index (χ0v) is 19.6. The number of benzene rings is 3. The van der Waals surface area contributed by atoms with Crippen LogP contribution >= 0.6 is 0 Å². The normalized spacial score (nSPS) is 19.1. The third kappa shape index (κ3) is 4.14. The summed E-state index contributed by atoms with van der Waals surface area (Å²) in [5.74, 6) is 1.55. The van der Waals surface area contributed by atoms with Gasteiger partial charge in [0.1, 0.15) is 11.6 Å². The average Bonchev–Trinajstić information content (AvgIpc) is 3.17. The van der Waals surface area contributed by atoms with Crippen LogP contribution in [0.4, 0.5) is 17.2 Å². The van der Waals surface area contributed by atoms with Gasteiger partial charge in [-0.3, -0.25) is 9.78 Å². The molecule has 7 nitrogen and oxygen atoms in total. The molecule has 4 aromatic rings. The van der Waals surface area contributed by atoms with E-state index in [9.17, 15) is 4.79 Å². The molecule has 1 aromatic heterocycles. The zero-order chi connectivity index (χ0) is 23.8. The van der Waals surface area contributed by atoms with E-state index >= 15 is 0 Å². The Morgan fingerprint density at radius 3 is 2.29 bits per heavy atom. The third-order valence-electron chi connectivity index (χ3n) is 7.02. The van der Waals surface area contributed by atoms with Gasteiger partial charge in [-0.15, -0.1) is 0 Å². The van der Waals surface area contributed by atoms with E-state index in [0.717, 1.165) is 54.2 Å². The average molecular weight is 466 g/mol. The van der Waals surface area contributed by atoms with Crippen molar-refractivity contribution >= 4 is 34.1 Å².